The molecule has 4 heteroatoms. The van der Waals surface area contributed by atoms with E-state index in [0.29, 0.717) is 19.6 Å². The highest BCUT2D eigenvalue weighted by Gasteiger charge is 2.24. The Labute approximate surface area is 141 Å². The van der Waals surface area contributed by atoms with Crippen molar-refractivity contribution < 1.29 is 13.9 Å². The Morgan fingerprint density at radius 3 is 2.42 bits per heavy atom. The normalized spacial score (nSPS) is 16.5. The van der Waals surface area contributed by atoms with Gasteiger partial charge in [-0.25, -0.2) is 4.39 Å². The molecular formula is C20H22FNO2. The molecule has 1 aliphatic rings. The first kappa shape index (κ1) is 16.7. The number of rotatable bonds is 5. The third kappa shape index (κ3) is 4.42. The molecule has 3 rings (SSSR count). The molecule has 0 radical (unpaired) electrons. The van der Waals surface area contributed by atoms with Gasteiger partial charge in [-0.15, -0.1) is 0 Å². The van der Waals surface area contributed by atoms with Crippen molar-refractivity contribution in [3.63, 3.8) is 0 Å². The number of benzene rings is 2. The Morgan fingerprint density at radius 1 is 1.08 bits per heavy atom. The van der Waals surface area contributed by atoms with Crippen LogP contribution in [-0.4, -0.2) is 19.1 Å². The van der Waals surface area contributed by atoms with E-state index in [1.807, 2.05) is 30.3 Å². The Hall–Kier alpha value is -2.20. The molecular weight excluding hydrogens is 305 g/mol. The molecule has 1 aliphatic heterocycles. The van der Waals surface area contributed by atoms with Gasteiger partial charge in [0.05, 0.1) is 6.04 Å². The number of amides is 1. The fourth-order valence-corrected chi connectivity index (χ4v) is 3.04. The molecule has 2 aromatic carbocycles. The first-order chi connectivity index (χ1) is 11.7. The van der Waals surface area contributed by atoms with Crippen molar-refractivity contribution in [3.05, 3.63) is 71.5 Å². The van der Waals surface area contributed by atoms with E-state index in [-0.39, 0.29) is 23.7 Å². The van der Waals surface area contributed by atoms with Crippen molar-refractivity contribution >= 4 is 5.91 Å². The highest BCUT2D eigenvalue weighted by atomic mass is 19.1. The minimum absolute atomic E-state index is 0.0122. The van der Waals surface area contributed by atoms with E-state index >= 15 is 0 Å². The van der Waals surface area contributed by atoms with E-state index in [2.05, 4.69) is 5.32 Å². The van der Waals surface area contributed by atoms with Gasteiger partial charge in [0.1, 0.15) is 5.82 Å². The number of carbonyl (C=O) groups excluding carboxylic acids is 1. The highest BCUT2D eigenvalue weighted by molar-refractivity contribution is 5.79. The van der Waals surface area contributed by atoms with Crippen molar-refractivity contribution in [2.24, 2.45) is 5.92 Å². The van der Waals surface area contributed by atoms with Crippen LogP contribution in [0.5, 0.6) is 0 Å². The number of hydrogen-bond acceptors (Lipinski definition) is 2. The summed E-state index contributed by atoms with van der Waals surface area (Å²) in [5.74, 6) is -0.159. The standard InChI is InChI=1S/C20H22FNO2/c21-18-8-6-15(7-9-18)14-19(16-4-2-1-3-5-16)22-20(23)17-10-12-24-13-11-17/h1-9,17,19H,10-14H2,(H,22,23)/t19-/m0/s1. The molecule has 1 N–H and O–H groups in total. The van der Waals surface area contributed by atoms with Gasteiger partial charge >= 0.3 is 0 Å². The van der Waals surface area contributed by atoms with Crippen LogP contribution < -0.4 is 5.32 Å². The van der Waals surface area contributed by atoms with Crippen LogP contribution in [0.3, 0.4) is 0 Å². The maximum Gasteiger partial charge on any atom is 0.223 e. The summed E-state index contributed by atoms with van der Waals surface area (Å²) in [6.45, 7) is 1.29. The first-order valence-electron chi connectivity index (χ1n) is 8.40. The zero-order valence-electron chi connectivity index (χ0n) is 13.6. The van der Waals surface area contributed by atoms with Crippen LogP contribution in [0.1, 0.15) is 30.0 Å². The van der Waals surface area contributed by atoms with Crippen LogP contribution in [0.2, 0.25) is 0 Å². The minimum Gasteiger partial charge on any atom is -0.381 e. The first-order valence-corrected chi connectivity index (χ1v) is 8.40. The molecule has 0 aliphatic carbocycles. The lowest BCUT2D eigenvalue weighted by molar-refractivity contribution is -0.128. The molecule has 0 unspecified atom stereocenters. The van der Waals surface area contributed by atoms with Gasteiger partial charge < -0.3 is 10.1 Å². The number of ether oxygens (including phenoxy) is 1. The second-order valence-electron chi connectivity index (χ2n) is 6.19. The Morgan fingerprint density at radius 2 is 1.75 bits per heavy atom. The van der Waals surface area contributed by atoms with Crippen molar-refractivity contribution in [1.82, 2.24) is 5.32 Å². The predicted octanol–water partition coefficient (Wildman–Crippen LogP) is 3.65. The maximum atomic E-state index is 13.1. The summed E-state index contributed by atoms with van der Waals surface area (Å²) < 4.78 is 18.4. The molecule has 0 bridgehead atoms. The average Bonchev–Trinajstić information content (AvgIpc) is 2.64. The van der Waals surface area contributed by atoms with Crippen molar-refractivity contribution in [2.75, 3.05) is 13.2 Å². The second-order valence-corrected chi connectivity index (χ2v) is 6.19. The summed E-state index contributed by atoms with van der Waals surface area (Å²) in [6, 6.07) is 16.2. The van der Waals surface area contributed by atoms with Gasteiger partial charge in [-0.3, -0.25) is 4.79 Å². The van der Waals surface area contributed by atoms with Gasteiger partial charge in [0.15, 0.2) is 0 Å². The van der Waals surface area contributed by atoms with Crippen LogP contribution in [-0.2, 0) is 16.0 Å². The fraction of sp³-hybridized carbons (Fsp3) is 0.350. The summed E-state index contributed by atoms with van der Waals surface area (Å²) in [4.78, 5) is 12.6. The van der Waals surface area contributed by atoms with Crippen molar-refractivity contribution in [2.45, 2.75) is 25.3 Å². The van der Waals surface area contributed by atoms with Crippen molar-refractivity contribution in [3.8, 4) is 0 Å². The van der Waals surface area contributed by atoms with Crippen LogP contribution >= 0.6 is 0 Å². The smallest absolute Gasteiger partial charge is 0.223 e. The van der Waals surface area contributed by atoms with Gasteiger partial charge in [0, 0.05) is 19.1 Å². The Bertz CT molecular complexity index is 651. The zero-order valence-corrected chi connectivity index (χ0v) is 13.6. The third-order valence-electron chi connectivity index (χ3n) is 4.46. The van der Waals surface area contributed by atoms with Crippen LogP contribution in [0, 0.1) is 11.7 Å². The molecule has 1 fully saturated rings. The molecule has 0 saturated carbocycles. The van der Waals surface area contributed by atoms with Crippen LogP contribution in [0.15, 0.2) is 54.6 Å². The topological polar surface area (TPSA) is 38.3 Å². The SMILES string of the molecule is O=C(N[C@@H](Cc1ccc(F)cc1)c1ccccc1)C1CCOCC1. The Balaban J connectivity index is 1.74. The van der Waals surface area contributed by atoms with Crippen molar-refractivity contribution in [1.29, 1.82) is 0 Å². The molecule has 0 aromatic heterocycles. The molecule has 1 heterocycles. The summed E-state index contributed by atoms with van der Waals surface area (Å²) >= 11 is 0. The second kappa shape index (κ2) is 8.06. The summed E-state index contributed by atoms with van der Waals surface area (Å²) in [5.41, 5.74) is 2.06. The number of hydrogen-bond donors (Lipinski definition) is 1. The van der Waals surface area contributed by atoms with Gasteiger partial charge in [0.25, 0.3) is 0 Å². The van der Waals surface area contributed by atoms with Gasteiger partial charge in [-0.2, -0.15) is 0 Å². The van der Waals surface area contributed by atoms with E-state index in [4.69, 9.17) is 4.74 Å². The summed E-state index contributed by atoms with van der Waals surface area (Å²) in [5, 5.41) is 3.18. The molecule has 2 aromatic rings. The van der Waals surface area contributed by atoms with Crippen LogP contribution in [0.4, 0.5) is 4.39 Å². The molecule has 126 valence electrons. The molecule has 1 atom stereocenters. The van der Waals surface area contributed by atoms with E-state index in [1.54, 1.807) is 12.1 Å². The van der Waals surface area contributed by atoms with Gasteiger partial charge in [0.2, 0.25) is 5.91 Å². The number of carbonyl (C=O) groups is 1. The molecule has 0 spiro atoms. The Kier molecular flexibility index (Phi) is 5.59. The minimum atomic E-state index is -0.249. The van der Waals surface area contributed by atoms with Gasteiger partial charge in [-0.05, 0) is 42.5 Å². The zero-order chi connectivity index (χ0) is 16.8. The lowest BCUT2D eigenvalue weighted by Gasteiger charge is -2.25. The largest absolute Gasteiger partial charge is 0.381 e. The fourth-order valence-electron chi connectivity index (χ4n) is 3.04. The lowest BCUT2D eigenvalue weighted by Crippen LogP contribution is -2.37. The summed E-state index contributed by atoms with van der Waals surface area (Å²) in [6.07, 6.45) is 2.17. The predicted molar refractivity (Wildman–Crippen MR) is 91.0 cm³/mol. The maximum absolute atomic E-state index is 13.1. The van der Waals surface area contributed by atoms with E-state index < -0.39 is 0 Å². The highest BCUT2D eigenvalue weighted by Crippen LogP contribution is 2.21. The molecule has 1 amide bonds. The van der Waals surface area contributed by atoms with E-state index in [1.165, 1.54) is 12.1 Å². The molecule has 24 heavy (non-hydrogen) atoms. The number of halogens is 1. The van der Waals surface area contributed by atoms with E-state index in [9.17, 15) is 9.18 Å². The lowest BCUT2D eigenvalue weighted by atomic mass is 9.95. The monoisotopic (exact) mass is 327 g/mol. The summed E-state index contributed by atoms with van der Waals surface area (Å²) in [7, 11) is 0. The molecule has 3 nitrogen and oxygen atoms in total. The van der Waals surface area contributed by atoms with Gasteiger partial charge in [-0.1, -0.05) is 42.5 Å². The molecule has 1 saturated heterocycles. The number of nitrogens with one attached hydrogen (secondary N) is 1. The van der Waals surface area contributed by atoms with E-state index in [0.717, 1.165) is 24.0 Å². The average molecular weight is 327 g/mol. The third-order valence-corrected chi connectivity index (χ3v) is 4.46. The quantitative estimate of drug-likeness (QED) is 0.910. The van der Waals surface area contributed by atoms with Crippen LogP contribution in [0.25, 0.3) is 0 Å².